The molecular weight excluding hydrogens is 350 g/mol. The highest BCUT2D eigenvalue weighted by Gasteiger charge is 2.20. The number of nitro benzene ring substituents is 1. The minimum absolute atomic E-state index is 0.0220. The molecule has 1 N–H and O–H groups in total. The van der Waals surface area contributed by atoms with E-state index in [1.165, 1.54) is 12.1 Å². The van der Waals surface area contributed by atoms with Gasteiger partial charge in [-0.3, -0.25) is 14.9 Å². The summed E-state index contributed by atoms with van der Waals surface area (Å²) in [4.78, 5) is 36.5. The number of non-ortho nitro benzene ring substituents is 1. The number of anilines is 2. The molecule has 0 aliphatic heterocycles. The van der Waals surface area contributed by atoms with Crippen molar-refractivity contribution in [2.24, 2.45) is 0 Å². The van der Waals surface area contributed by atoms with Crippen LogP contribution in [0.1, 0.15) is 21.5 Å². The van der Waals surface area contributed by atoms with Gasteiger partial charge in [-0.15, -0.1) is 0 Å². The van der Waals surface area contributed by atoms with Crippen molar-refractivity contribution >= 4 is 28.9 Å². The molecule has 8 heteroatoms. The molecular formula is C19H21N3O5. The molecule has 2 aromatic carbocycles. The molecule has 2 rings (SSSR count). The third-order valence-corrected chi connectivity index (χ3v) is 3.89. The number of ether oxygens (including phenoxy) is 1. The van der Waals surface area contributed by atoms with Gasteiger partial charge in [-0.1, -0.05) is 12.1 Å². The van der Waals surface area contributed by atoms with Gasteiger partial charge in [-0.2, -0.15) is 0 Å². The fourth-order valence-corrected chi connectivity index (χ4v) is 2.46. The summed E-state index contributed by atoms with van der Waals surface area (Å²) in [7, 11) is 3.40. The van der Waals surface area contributed by atoms with Crippen LogP contribution >= 0.6 is 0 Å². The molecule has 8 nitrogen and oxygen atoms in total. The fourth-order valence-electron chi connectivity index (χ4n) is 2.46. The van der Waals surface area contributed by atoms with E-state index in [0.717, 1.165) is 17.2 Å². The maximum absolute atomic E-state index is 12.4. The maximum atomic E-state index is 12.4. The van der Waals surface area contributed by atoms with E-state index in [2.05, 4.69) is 5.32 Å². The molecule has 0 heterocycles. The Labute approximate surface area is 156 Å². The fraction of sp³-hybridized carbons (Fsp3) is 0.263. The van der Waals surface area contributed by atoms with E-state index in [4.69, 9.17) is 4.74 Å². The van der Waals surface area contributed by atoms with Crippen LogP contribution in [0, 0.1) is 24.0 Å². The molecule has 0 radical (unpaired) electrons. The Hall–Kier alpha value is -3.42. The maximum Gasteiger partial charge on any atom is 0.341 e. The molecule has 142 valence electrons. The zero-order chi connectivity index (χ0) is 20.1. The highest BCUT2D eigenvalue weighted by molar-refractivity contribution is 5.99. The molecule has 0 unspecified atom stereocenters. The Morgan fingerprint density at radius 3 is 2.48 bits per heavy atom. The molecule has 0 atom stereocenters. The average molecular weight is 371 g/mol. The summed E-state index contributed by atoms with van der Waals surface area (Å²) >= 11 is 0. The average Bonchev–Trinajstić information content (AvgIpc) is 2.62. The Kier molecular flexibility index (Phi) is 6.12. The molecule has 0 aromatic heterocycles. The predicted molar refractivity (Wildman–Crippen MR) is 102 cm³/mol. The van der Waals surface area contributed by atoms with Crippen LogP contribution in [0.4, 0.5) is 17.1 Å². The summed E-state index contributed by atoms with van der Waals surface area (Å²) in [5.74, 6) is -1.30. The van der Waals surface area contributed by atoms with Gasteiger partial charge in [0.05, 0.1) is 16.2 Å². The monoisotopic (exact) mass is 371 g/mol. The standard InChI is InChI=1S/C19H21N3O5/c1-12-5-6-13(2)16(9-12)20-18(23)11-27-19(24)15-10-14(22(25)26)7-8-17(15)21(3)4/h5-10H,11H2,1-4H3,(H,20,23). The molecule has 0 spiro atoms. The van der Waals surface area contributed by atoms with Gasteiger partial charge in [0.25, 0.3) is 11.6 Å². The van der Waals surface area contributed by atoms with Crippen molar-refractivity contribution in [2.75, 3.05) is 30.9 Å². The molecule has 2 aromatic rings. The van der Waals surface area contributed by atoms with Gasteiger partial charge in [0.15, 0.2) is 6.61 Å². The van der Waals surface area contributed by atoms with Crippen LogP contribution in [0.25, 0.3) is 0 Å². The van der Waals surface area contributed by atoms with E-state index in [0.29, 0.717) is 11.4 Å². The highest BCUT2D eigenvalue weighted by atomic mass is 16.6. The molecule has 0 bridgehead atoms. The number of hydrogen-bond acceptors (Lipinski definition) is 6. The lowest BCUT2D eigenvalue weighted by atomic mass is 10.1. The van der Waals surface area contributed by atoms with Crippen LogP contribution in [-0.4, -0.2) is 37.5 Å². The highest BCUT2D eigenvalue weighted by Crippen LogP contribution is 2.25. The van der Waals surface area contributed by atoms with Crippen molar-refractivity contribution in [2.45, 2.75) is 13.8 Å². The summed E-state index contributed by atoms with van der Waals surface area (Å²) < 4.78 is 5.06. The first-order valence-corrected chi connectivity index (χ1v) is 8.19. The summed E-state index contributed by atoms with van der Waals surface area (Å²) in [5.41, 5.74) is 2.76. The van der Waals surface area contributed by atoms with Crippen molar-refractivity contribution in [1.29, 1.82) is 0 Å². The zero-order valence-corrected chi connectivity index (χ0v) is 15.6. The van der Waals surface area contributed by atoms with Crippen molar-refractivity contribution in [1.82, 2.24) is 0 Å². The van der Waals surface area contributed by atoms with Crippen LogP contribution in [0.15, 0.2) is 36.4 Å². The van der Waals surface area contributed by atoms with Crippen molar-refractivity contribution < 1.29 is 19.2 Å². The Morgan fingerprint density at radius 2 is 1.85 bits per heavy atom. The number of nitrogens with zero attached hydrogens (tertiary/aromatic N) is 2. The van der Waals surface area contributed by atoms with Gasteiger partial charge >= 0.3 is 5.97 Å². The van der Waals surface area contributed by atoms with E-state index in [1.54, 1.807) is 19.0 Å². The number of carbonyl (C=O) groups is 2. The first-order chi connectivity index (χ1) is 12.7. The minimum atomic E-state index is -0.807. The second-order valence-electron chi connectivity index (χ2n) is 6.30. The van der Waals surface area contributed by atoms with E-state index < -0.39 is 23.4 Å². The van der Waals surface area contributed by atoms with Gasteiger partial charge in [0, 0.05) is 31.9 Å². The number of nitro groups is 1. The molecule has 27 heavy (non-hydrogen) atoms. The molecule has 0 aliphatic rings. The van der Waals surface area contributed by atoms with Crippen LogP contribution in [0.5, 0.6) is 0 Å². The lowest BCUT2D eigenvalue weighted by Gasteiger charge is -2.16. The third kappa shape index (κ3) is 5.04. The number of rotatable bonds is 6. The van der Waals surface area contributed by atoms with Crippen molar-refractivity contribution in [3.8, 4) is 0 Å². The van der Waals surface area contributed by atoms with Gasteiger partial charge in [0.1, 0.15) is 0 Å². The van der Waals surface area contributed by atoms with Gasteiger partial charge in [-0.05, 0) is 37.1 Å². The van der Waals surface area contributed by atoms with Crippen molar-refractivity contribution in [3.05, 3.63) is 63.2 Å². The number of carbonyl (C=O) groups excluding carboxylic acids is 2. The van der Waals surface area contributed by atoms with E-state index in [9.17, 15) is 19.7 Å². The Balaban J connectivity index is 2.10. The van der Waals surface area contributed by atoms with E-state index in [1.807, 2.05) is 32.0 Å². The first-order valence-electron chi connectivity index (χ1n) is 8.19. The second-order valence-corrected chi connectivity index (χ2v) is 6.30. The zero-order valence-electron chi connectivity index (χ0n) is 15.6. The molecule has 0 saturated heterocycles. The number of nitrogens with one attached hydrogen (secondary N) is 1. The number of benzene rings is 2. The summed E-state index contributed by atoms with van der Waals surface area (Å²) in [6, 6.07) is 9.53. The summed E-state index contributed by atoms with van der Waals surface area (Å²) in [5, 5.41) is 13.7. The number of hydrogen-bond donors (Lipinski definition) is 1. The first kappa shape index (κ1) is 19.9. The molecule has 1 amide bonds. The number of amides is 1. The normalized spacial score (nSPS) is 10.2. The van der Waals surface area contributed by atoms with Crippen LogP contribution in [0.3, 0.4) is 0 Å². The lowest BCUT2D eigenvalue weighted by Crippen LogP contribution is -2.22. The largest absolute Gasteiger partial charge is 0.452 e. The number of aryl methyl sites for hydroxylation is 2. The van der Waals surface area contributed by atoms with Crippen LogP contribution in [0.2, 0.25) is 0 Å². The predicted octanol–water partition coefficient (Wildman–Crippen LogP) is 3.07. The quantitative estimate of drug-likeness (QED) is 0.476. The van der Waals surface area contributed by atoms with Crippen molar-refractivity contribution in [3.63, 3.8) is 0 Å². The molecule has 0 saturated carbocycles. The SMILES string of the molecule is Cc1ccc(C)c(NC(=O)COC(=O)c2cc([N+](=O)[O-])ccc2N(C)C)c1. The topological polar surface area (TPSA) is 102 Å². The van der Waals surface area contributed by atoms with Crippen LogP contribution in [-0.2, 0) is 9.53 Å². The van der Waals surface area contributed by atoms with Crippen LogP contribution < -0.4 is 10.2 Å². The summed E-state index contributed by atoms with van der Waals surface area (Å²) in [6.45, 7) is 3.26. The smallest absolute Gasteiger partial charge is 0.341 e. The molecule has 0 aliphatic carbocycles. The Morgan fingerprint density at radius 1 is 1.15 bits per heavy atom. The number of esters is 1. The summed E-state index contributed by atoms with van der Waals surface area (Å²) in [6.07, 6.45) is 0. The Bertz CT molecular complexity index is 893. The van der Waals surface area contributed by atoms with E-state index in [-0.39, 0.29) is 11.3 Å². The van der Waals surface area contributed by atoms with Gasteiger partial charge in [0.2, 0.25) is 0 Å². The van der Waals surface area contributed by atoms with Gasteiger partial charge in [-0.25, -0.2) is 4.79 Å². The lowest BCUT2D eigenvalue weighted by molar-refractivity contribution is -0.384. The molecule has 0 fully saturated rings. The van der Waals surface area contributed by atoms with Gasteiger partial charge < -0.3 is 15.0 Å². The third-order valence-electron chi connectivity index (χ3n) is 3.89. The second kappa shape index (κ2) is 8.31. The van der Waals surface area contributed by atoms with E-state index >= 15 is 0 Å². The minimum Gasteiger partial charge on any atom is -0.452 e.